The Morgan fingerprint density at radius 2 is 1.89 bits per heavy atom. The molecule has 0 fully saturated rings. The number of rotatable bonds is 7. The first-order valence-corrected chi connectivity index (χ1v) is 9.04. The number of carbonyl (C=O) groups excluding carboxylic acids is 1. The topological polar surface area (TPSA) is 75.3 Å². The van der Waals surface area contributed by atoms with Crippen molar-refractivity contribution in [1.82, 2.24) is 14.9 Å². The Labute approximate surface area is 157 Å². The van der Waals surface area contributed by atoms with Crippen molar-refractivity contribution in [3.05, 3.63) is 70.3 Å². The summed E-state index contributed by atoms with van der Waals surface area (Å²) >= 11 is 0. The van der Waals surface area contributed by atoms with Crippen LogP contribution in [0, 0.1) is 0 Å². The number of hydrogen-bond donors (Lipinski definition) is 1. The molecule has 27 heavy (non-hydrogen) atoms. The predicted octanol–water partition coefficient (Wildman–Crippen LogP) is 3.37. The van der Waals surface area contributed by atoms with E-state index in [0.29, 0.717) is 28.9 Å². The van der Waals surface area contributed by atoms with E-state index in [9.17, 15) is 9.59 Å². The number of aromatic amines is 1. The van der Waals surface area contributed by atoms with Gasteiger partial charge in [-0.15, -0.1) is 0 Å². The highest BCUT2D eigenvalue weighted by Crippen LogP contribution is 2.15. The number of nitrogens with one attached hydrogen (secondary N) is 1. The van der Waals surface area contributed by atoms with Crippen LogP contribution in [-0.2, 0) is 6.54 Å². The molecular formula is C21H23N3O3. The Morgan fingerprint density at radius 1 is 1.15 bits per heavy atom. The van der Waals surface area contributed by atoms with Crippen LogP contribution in [0.1, 0.15) is 35.9 Å². The fraction of sp³-hybridized carbons (Fsp3) is 0.286. The molecule has 2 aromatic carbocycles. The third-order valence-corrected chi connectivity index (χ3v) is 4.26. The monoisotopic (exact) mass is 365 g/mol. The summed E-state index contributed by atoms with van der Waals surface area (Å²) in [7, 11) is 1.68. The van der Waals surface area contributed by atoms with Gasteiger partial charge >= 0.3 is 0 Å². The van der Waals surface area contributed by atoms with Crippen LogP contribution in [0.2, 0.25) is 0 Å². The number of benzene rings is 2. The van der Waals surface area contributed by atoms with E-state index in [-0.39, 0.29) is 18.0 Å². The van der Waals surface area contributed by atoms with Gasteiger partial charge in [0.2, 0.25) is 0 Å². The van der Waals surface area contributed by atoms with E-state index >= 15 is 0 Å². The second-order valence-electron chi connectivity index (χ2n) is 6.42. The number of para-hydroxylation sites is 1. The molecule has 1 N–H and O–H groups in total. The minimum absolute atomic E-state index is 0.147. The lowest BCUT2D eigenvalue weighted by Gasteiger charge is -2.17. The van der Waals surface area contributed by atoms with Crippen LogP contribution < -0.4 is 10.3 Å². The molecule has 0 saturated heterocycles. The molecule has 0 unspecified atom stereocenters. The molecule has 3 rings (SSSR count). The molecule has 0 saturated carbocycles. The molecule has 1 heterocycles. The highest BCUT2D eigenvalue weighted by atomic mass is 16.5. The van der Waals surface area contributed by atoms with E-state index < -0.39 is 0 Å². The molecule has 0 atom stereocenters. The fourth-order valence-corrected chi connectivity index (χ4v) is 2.75. The van der Waals surface area contributed by atoms with Crippen molar-refractivity contribution in [1.29, 1.82) is 0 Å². The van der Waals surface area contributed by atoms with Gasteiger partial charge in [0.25, 0.3) is 11.5 Å². The van der Waals surface area contributed by atoms with Crippen molar-refractivity contribution in [2.45, 2.75) is 26.3 Å². The average molecular weight is 365 g/mol. The van der Waals surface area contributed by atoms with Gasteiger partial charge in [0, 0.05) is 12.6 Å². The summed E-state index contributed by atoms with van der Waals surface area (Å²) in [5.41, 5.74) is 0.971. The summed E-state index contributed by atoms with van der Waals surface area (Å²) in [6, 6.07) is 14.2. The number of hydrogen-bond acceptors (Lipinski definition) is 4. The Balaban J connectivity index is 1.69. The molecular weight excluding hydrogens is 342 g/mol. The Bertz CT molecular complexity index is 980. The number of fused-ring (bicyclic) bond motifs is 1. The van der Waals surface area contributed by atoms with Crippen LogP contribution in [0.25, 0.3) is 10.9 Å². The Kier molecular flexibility index (Phi) is 5.86. The number of aromatic nitrogens is 2. The van der Waals surface area contributed by atoms with Crippen molar-refractivity contribution < 1.29 is 9.53 Å². The first-order valence-electron chi connectivity index (χ1n) is 9.04. The van der Waals surface area contributed by atoms with Gasteiger partial charge in [-0.3, -0.25) is 9.59 Å². The first kappa shape index (κ1) is 18.6. The summed E-state index contributed by atoms with van der Waals surface area (Å²) in [5, 5.41) is 0.536. The summed E-state index contributed by atoms with van der Waals surface area (Å²) in [4.78, 5) is 33.5. The molecule has 0 aliphatic heterocycles. The van der Waals surface area contributed by atoms with Gasteiger partial charge in [0.1, 0.15) is 11.6 Å². The summed E-state index contributed by atoms with van der Waals surface area (Å²) in [6.45, 7) is 3.00. The molecule has 0 spiro atoms. The van der Waals surface area contributed by atoms with Gasteiger partial charge in [0.05, 0.1) is 24.1 Å². The zero-order valence-corrected chi connectivity index (χ0v) is 15.6. The van der Waals surface area contributed by atoms with Gasteiger partial charge in [0.15, 0.2) is 0 Å². The van der Waals surface area contributed by atoms with Crippen molar-refractivity contribution in [3.63, 3.8) is 0 Å². The molecule has 6 heteroatoms. The molecule has 0 bridgehead atoms. The standard InChI is InChI=1S/C21H23N3O3/c1-3-4-13-27-16-11-9-15(10-12-16)21(26)24(2)14-19-22-18-8-6-5-7-17(18)20(25)23-19/h5-12H,3-4,13-14H2,1-2H3,(H,22,23,25). The van der Waals surface area contributed by atoms with E-state index in [4.69, 9.17) is 4.74 Å². The lowest BCUT2D eigenvalue weighted by atomic mass is 10.2. The highest BCUT2D eigenvalue weighted by Gasteiger charge is 2.14. The molecule has 3 aromatic rings. The maximum atomic E-state index is 12.6. The van der Waals surface area contributed by atoms with Crippen molar-refractivity contribution >= 4 is 16.8 Å². The Morgan fingerprint density at radius 3 is 2.63 bits per heavy atom. The Hall–Kier alpha value is -3.15. The normalized spacial score (nSPS) is 10.7. The molecule has 0 aliphatic carbocycles. The minimum Gasteiger partial charge on any atom is -0.494 e. The summed E-state index contributed by atoms with van der Waals surface area (Å²) < 4.78 is 5.62. The zero-order valence-electron chi connectivity index (χ0n) is 15.6. The molecule has 1 amide bonds. The molecule has 140 valence electrons. The third kappa shape index (κ3) is 4.53. The van der Waals surface area contributed by atoms with Gasteiger partial charge in [-0.2, -0.15) is 0 Å². The quantitative estimate of drug-likeness (QED) is 0.651. The van der Waals surface area contributed by atoms with Crippen molar-refractivity contribution in [3.8, 4) is 5.75 Å². The summed E-state index contributed by atoms with van der Waals surface area (Å²) in [5.74, 6) is 1.06. The van der Waals surface area contributed by atoms with E-state index in [1.54, 1.807) is 49.5 Å². The maximum absolute atomic E-state index is 12.6. The van der Waals surface area contributed by atoms with Gasteiger partial charge in [-0.25, -0.2) is 4.98 Å². The lowest BCUT2D eigenvalue weighted by Crippen LogP contribution is -2.28. The van der Waals surface area contributed by atoms with Gasteiger partial charge < -0.3 is 14.6 Å². The highest BCUT2D eigenvalue weighted by molar-refractivity contribution is 5.94. The number of H-pyrrole nitrogens is 1. The smallest absolute Gasteiger partial charge is 0.258 e. The second kappa shape index (κ2) is 8.49. The van der Waals surface area contributed by atoms with Crippen LogP contribution in [-0.4, -0.2) is 34.4 Å². The van der Waals surface area contributed by atoms with Crippen LogP contribution in [0.4, 0.5) is 0 Å². The number of amides is 1. The number of carbonyl (C=O) groups is 1. The number of nitrogens with zero attached hydrogens (tertiary/aromatic N) is 2. The van der Waals surface area contributed by atoms with E-state index in [2.05, 4.69) is 16.9 Å². The largest absolute Gasteiger partial charge is 0.494 e. The average Bonchev–Trinajstić information content (AvgIpc) is 2.68. The molecule has 1 aromatic heterocycles. The van der Waals surface area contributed by atoms with Crippen LogP contribution >= 0.6 is 0 Å². The minimum atomic E-state index is -0.204. The first-order chi connectivity index (χ1) is 13.1. The molecule has 0 aliphatic rings. The number of unbranched alkanes of at least 4 members (excludes halogenated alkanes) is 1. The maximum Gasteiger partial charge on any atom is 0.258 e. The lowest BCUT2D eigenvalue weighted by molar-refractivity contribution is 0.0781. The van der Waals surface area contributed by atoms with Crippen LogP contribution in [0.15, 0.2) is 53.3 Å². The fourth-order valence-electron chi connectivity index (χ4n) is 2.75. The van der Waals surface area contributed by atoms with Crippen LogP contribution in [0.5, 0.6) is 5.75 Å². The molecule has 6 nitrogen and oxygen atoms in total. The van der Waals surface area contributed by atoms with E-state index in [0.717, 1.165) is 18.6 Å². The van der Waals surface area contributed by atoms with Gasteiger partial charge in [-0.1, -0.05) is 25.5 Å². The predicted molar refractivity (Wildman–Crippen MR) is 105 cm³/mol. The SMILES string of the molecule is CCCCOc1ccc(C(=O)N(C)Cc2nc3ccccc3c(=O)[nH]2)cc1. The van der Waals surface area contributed by atoms with Crippen molar-refractivity contribution in [2.75, 3.05) is 13.7 Å². The number of ether oxygens (including phenoxy) is 1. The van der Waals surface area contributed by atoms with Crippen LogP contribution in [0.3, 0.4) is 0 Å². The van der Waals surface area contributed by atoms with Crippen molar-refractivity contribution in [2.24, 2.45) is 0 Å². The summed E-state index contributed by atoms with van der Waals surface area (Å²) in [6.07, 6.45) is 2.08. The second-order valence-corrected chi connectivity index (χ2v) is 6.42. The molecule has 0 radical (unpaired) electrons. The third-order valence-electron chi connectivity index (χ3n) is 4.26. The zero-order chi connectivity index (χ0) is 19.2. The van der Waals surface area contributed by atoms with E-state index in [1.807, 2.05) is 6.07 Å². The van der Waals surface area contributed by atoms with Gasteiger partial charge in [-0.05, 0) is 42.8 Å². The van der Waals surface area contributed by atoms with E-state index in [1.165, 1.54) is 4.90 Å².